The van der Waals surface area contributed by atoms with E-state index >= 15 is 0 Å². The molecule has 5 heterocycles. The molecule has 1 fully saturated rings. The second-order valence-corrected chi connectivity index (χ2v) is 9.30. The third-order valence-corrected chi connectivity index (χ3v) is 7.18. The van der Waals surface area contributed by atoms with Crippen LogP contribution in [-0.4, -0.2) is 79.7 Å². The smallest absolute Gasteiger partial charge is 0.243 e. The number of hydrogen-bond donors (Lipinski definition) is 1. The molecule has 1 atom stereocenters. The van der Waals surface area contributed by atoms with Crippen LogP contribution in [0.3, 0.4) is 0 Å². The summed E-state index contributed by atoms with van der Waals surface area (Å²) in [6, 6.07) is 11.6. The molecule has 1 saturated heterocycles. The van der Waals surface area contributed by atoms with E-state index in [1.54, 1.807) is 35.5 Å². The molecular weight excluding hydrogens is 464 g/mol. The Balaban J connectivity index is 1.22. The minimum absolute atomic E-state index is 0.0264. The van der Waals surface area contributed by atoms with Crippen LogP contribution in [0.1, 0.15) is 0 Å². The Hall–Kier alpha value is -3.83. The van der Waals surface area contributed by atoms with Gasteiger partial charge in [0, 0.05) is 32.9 Å². The van der Waals surface area contributed by atoms with E-state index in [2.05, 4.69) is 24.8 Å². The maximum atomic E-state index is 13.3. The molecule has 0 aliphatic carbocycles. The largest absolute Gasteiger partial charge is 0.382 e. The lowest BCUT2D eigenvalue weighted by atomic mass is 10.1. The number of thiazole rings is 1. The van der Waals surface area contributed by atoms with Gasteiger partial charge in [-0.25, -0.2) is 19.9 Å². The molecule has 0 spiro atoms. The number of imidazole rings is 2. The van der Waals surface area contributed by atoms with Crippen molar-refractivity contribution in [3.05, 3.63) is 54.4 Å². The van der Waals surface area contributed by atoms with Gasteiger partial charge in [-0.2, -0.15) is 0 Å². The number of anilines is 1. The average molecular weight is 489 g/mol. The number of aromatic amines is 1. The van der Waals surface area contributed by atoms with Gasteiger partial charge in [-0.05, 0) is 24.3 Å². The normalized spacial score (nSPS) is 16.4. The van der Waals surface area contributed by atoms with Crippen molar-refractivity contribution < 1.29 is 9.53 Å². The first kappa shape index (κ1) is 21.7. The number of para-hydroxylation sites is 2. The van der Waals surface area contributed by atoms with E-state index in [4.69, 9.17) is 9.72 Å². The predicted octanol–water partition coefficient (Wildman–Crippen LogP) is 2.79. The summed E-state index contributed by atoms with van der Waals surface area (Å²) < 4.78 is 7.31. The first-order valence-corrected chi connectivity index (χ1v) is 12.3. The highest BCUT2D eigenvalue weighted by atomic mass is 32.1. The van der Waals surface area contributed by atoms with E-state index in [1.165, 1.54) is 0 Å². The fourth-order valence-corrected chi connectivity index (χ4v) is 5.48. The Labute approximate surface area is 205 Å². The minimum Gasteiger partial charge on any atom is -0.382 e. The molecule has 1 amide bonds. The van der Waals surface area contributed by atoms with Gasteiger partial charge in [0.15, 0.2) is 11.5 Å². The Morgan fingerprint density at radius 1 is 1.14 bits per heavy atom. The van der Waals surface area contributed by atoms with E-state index in [9.17, 15) is 4.79 Å². The molecule has 1 aliphatic heterocycles. The molecule has 1 aliphatic rings. The molecule has 0 radical (unpaired) electrons. The van der Waals surface area contributed by atoms with Gasteiger partial charge in [0.05, 0.1) is 35.5 Å². The van der Waals surface area contributed by atoms with Crippen molar-refractivity contribution in [1.29, 1.82) is 0 Å². The van der Waals surface area contributed by atoms with Crippen LogP contribution >= 0.6 is 11.3 Å². The number of benzene rings is 1. The number of ether oxygens (including phenoxy) is 1. The number of methoxy groups -OCH3 is 1. The number of carbonyl (C=O) groups excluding carboxylic acids is 1. The van der Waals surface area contributed by atoms with Crippen LogP contribution in [0.15, 0.2) is 54.4 Å². The molecule has 6 rings (SSSR count). The standard InChI is InChI=1S/C24H24N8O2S/c1-34-13-16-11-30(24-21(27-15-35-24)22-28-17-5-2-3-6-18(17)29-22)9-10-32(16)20(33)12-31-14-26-19-7-4-8-25-23(19)31/h2-8,14-16H,9-13H2,1H3,(H,28,29). The summed E-state index contributed by atoms with van der Waals surface area (Å²) in [5.74, 6) is 0.780. The van der Waals surface area contributed by atoms with E-state index in [1.807, 2.05) is 46.8 Å². The van der Waals surface area contributed by atoms with E-state index < -0.39 is 0 Å². The molecule has 1 aromatic carbocycles. The third-order valence-electron chi connectivity index (χ3n) is 6.29. The van der Waals surface area contributed by atoms with Crippen molar-refractivity contribution in [3.63, 3.8) is 0 Å². The number of fused-ring (bicyclic) bond motifs is 2. The number of H-pyrrole nitrogens is 1. The number of rotatable bonds is 6. The number of nitrogens with one attached hydrogen (secondary N) is 1. The summed E-state index contributed by atoms with van der Waals surface area (Å²) in [6.45, 7) is 2.58. The highest BCUT2D eigenvalue weighted by Crippen LogP contribution is 2.34. The summed E-state index contributed by atoms with van der Waals surface area (Å²) in [6.07, 6.45) is 3.39. The number of amides is 1. The highest BCUT2D eigenvalue weighted by Gasteiger charge is 2.33. The Morgan fingerprint density at radius 2 is 2.03 bits per heavy atom. The van der Waals surface area contributed by atoms with Gasteiger partial charge < -0.3 is 24.1 Å². The van der Waals surface area contributed by atoms with Gasteiger partial charge in [0.1, 0.15) is 22.8 Å². The monoisotopic (exact) mass is 488 g/mol. The summed E-state index contributed by atoms with van der Waals surface area (Å²) in [5.41, 5.74) is 6.06. The van der Waals surface area contributed by atoms with E-state index in [0.717, 1.165) is 33.1 Å². The fraction of sp³-hybridized carbons (Fsp3) is 0.292. The molecule has 5 aromatic rings. The van der Waals surface area contributed by atoms with E-state index in [0.29, 0.717) is 31.9 Å². The van der Waals surface area contributed by atoms with Crippen LogP contribution in [0.5, 0.6) is 0 Å². The van der Waals surface area contributed by atoms with Gasteiger partial charge >= 0.3 is 0 Å². The lowest BCUT2D eigenvalue weighted by Gasteiger charge is -2.41. The van der Waals surface area contributed by atoms with Gasteiger partial charge in [0.2, 0.25) is 5.91 Å². The van der Waals surface area contributed by atoms with Gasteiger partial charge in [-0.3, -0.25) is 4.79 Å². The van der Waals surface area contributed by atoms with Crippen molar-refractivity contribution in [2.24, 2.45) is 0 Å². The molecule has 35 heavy (non-hydrogen) atoms. The van der Waals surface area contributed by atoms with Crippen molar-refractivity contribution in [2.75, 3.05) is 38.3 Å². The molecule has 4 aromatic heterocycles. The number of hydrogen-bond acceptors (Lipinski definition) is 8. The fourth-order valence-electron chi connectivity index (χ4n) is 4.64. The maximum absolute atomic E-state index is 13.3. The van der Waals surface area contributed by atoms with Crippen LogP contribution in [0.25, 0.3) is 33.7 Å². The quantitative estimate of drug-likeness (QED) is 0.392. The first-order valence-electron chi connectivity index (χ1n) is 11.4. The molecule has 178 valence electrons. The number of aromatic nitrogens is 6. The van der Waals surface area contributed by atoms with Crippen molar-refractivity contribution in [3.8, 4) is 11.5 Å². The lowest BCUT2D eigenvalue weighted by Crippen LogP contribution is -2.57. The molecule has 0 bridgehead atoms. The summed E-state index contributed by atoms with van der Waals surface area (Å²) in [4.78, 5) is 39.0. The molecule has 1 N–H and O–H groups in total. The molecular formula is C24H24N8O2S. The third kappa shape index (κ3) is 4.02. The van der Waals surface area contributed by atoms with Crippen LogP contribution in [0, 0.1) is 0 Å². The predicted molar refractivity (Wildman–Crippen MR) is 134 cm³/mol. The van der Waals surface area contributed by atoms with Gasteiger partial charge in [0.25, 0.3) is 0 Å². The Bertz CT molecular complexity index is 1460. The second kappa shape index (κ2) is 9.08. The molecule has 11 heteroatoms. The zero-order valence-electron chi connectivity index (χ0n) is 19.2. The van der Waals surface area contributed by atoms with Crippen LogP contribution in [-0.2, 0) is 16.1 Å². The molecule has 0 saturated carbocycles. The molecule has 10 nitrogen and oxygen atoms in total. The van der Waals surface area contributed by atoms with Gasteiger partial charge in [-0.15, -0.1) is 11.3 Å². The average Bonchev–Trinajstić information content (AvgIpc) is 3.62. The summed E-state index contributed by atoms with van der Waals surface area (Å²) in [5, 5.41) is 1.04. The SMILES string of the molecule is COCC1CN(c2scnc2-c2nc3ccccc3[nH]2)CCN1C(=O)Cn1cnc2cccnc21. The first-order chi connectivity index (χ1) is 17.2. The zero-order chi connectivity index (χ0) is 23.8. The minimum atomic E-state index is -0.0883. The Kier molecular flexibility index (Phi) is 5.63. The number of carbonyl (C=O) groups is 1. The van der Waals surface area contributed by atoms with Crippen LogP contribution < -0.4 is 4.90 Å². The van der Waals surface area contributed by atoms with Crippen molar-refractivity contribution >= 4 is 44.4 Å². The lowest BCUT2D eigenvalue weighted by molar-refractivity contribution is -0.135. The second-order valence-electron chi connectivity index (χ2n) is 8.47. The van der Waals surface area contributed by atoms with Gasteiger partial charge in [-0.1, -0.05) is 12.1 Å². The maximum Gasteiger partial charge on any atom is 0.243 e. The highest BCUT2D eigenvalue weighted by molar-refractivity contribution is 7.14. The Morgan fingerprint density at radius 3 is 2.91 bits per heavy atom. The summed E-state index contributed by atoms with van der Waals surface area (Å²) >= 11 is 1.59. The van der Waals surface area contributed by atoms with Crippen molar-refractivity contribution in [2.45, 2.75) is 12.6 Å². The zero-order valence-corrected chi connectivity index (χ0v) is 20.0. The topological polar surface area (TPSA) is 105 Å². The van der Waals surface area contributed by atoms with Crippen LogP contribution in [0.2, 0.25) is 0 Å². The van der Waals surface area contributed by atoms with Crippen LogP contribution in [0.4, 0.5) is 5.00 Å². The number of piperazine rings is 1. The number of nitrogens with zero attached hydrogens (tertiary/aromatic N) is 7. The molecule has 1 unspecified atom stereocenters. The number of pyridine rings is 1. The summed E-state index contributed by atoms with van der Waals surface area (Å²) in [7, 11) is 1.67. The van der Waals surface area contributed by atoms with Crippen molar-refractivity contribution in [1.82, 2.24) is 34.4 Å². The van der Waals surface area contributed by atoms with E-state index in [-0.39, 0.29) is 18.5 Å².